The lowest BCUT2D eigenvalue weighted by Crippen LogP contribution is -2.26. The van der Waals surface area contributed by atoms with Crippen LogP contribution in [0, 0.1) is 6.92 Å². The van der Waals surface area contributed by atoms with Crippen molar-refractivity contribution in [3.63, 3.8) is 0 Å². The Kier molecular flexibility index (Phi) is 5.83. The minimum Gasteiger partial charge on any atom is -0.491 e. The Morgan fingerprint density at radius 1 is 1.42 bits per heavy atom. The van der Waals surface area contributed by atoms with Crippen molar-refractivity contribution >= 4 is 11.6 Å². The number of carbonyl (C=O) groups is 1. The average molecular weight is 264 g/mol. The van der Waals surface area contributed by atoms with Crippen molar-refractivity contribution in [2.75, 3.05) is 5.32 Å². The molecule has 19 heavy (non-hydrogen) atoms. The van der Waals surface area contributed by atoms with Crippen LogP contribution in [0.25, 0.3) is 0 Å². The van der Waals surface area contributed by atoms with E-state index in [0.717, 1.165) is 23.4 Å². The van der Waals surface area contributed by atoms with Crippen molar-refractivity contribution in [1.82, 2.24) is 0 Å². The zero-order valence-corrected chi connectivity index (χ0v) is 12.2. The molecule has 0 heterocycles. The largest absolute Gasteiger partial charge is 0.491 e. The second kappa shape index (κ2) is 7.14. The first kappa shape index (κ1) is 15.5. The van der Waals surface area contributed by atoms with Crippen LogP contribution in [0.5, 0.6) is 5.75 Å². The lowest BCUT2D eigenvalue weighted by molar-refractivity contribution is -0.116. The summed E-state index contributed by atoms with van der Waals surface area (Å²) < 4.78 is 5.60. The Labute approximate surface area is 115 Å². The van der Waals surface area contributed by atoms with Crippen LogP contribution in [-0.2, 0) is 4.79 Å². The molecule has 0 saturated heterocycles. The van der Waals surface area contributed by atoms with Crippen LogP contribution < -0.4 is 15.8 Å². The van der Waals surface area contributed by atoms with E-state index in [1.165, 1.54) is 0 Å². The zero-order valence-electron chi connectivity index (χ0n) is 12.2. The van der Waals surface area contributed by atoms with Gasteiger partial charge in [0.15, 0.2) is 0 Å². The van der Waals surface area contributed by atoms with Gasteiger partial charge in [0.2, 0.25) is 5.91 Å². The molecule has 1 rings (SSSR count). The maximum Gasteiger partial charge on any atom is 0.225 e. The molecule has 0 bridgehead atoms. The summed E-state index contributed by atoms with van der Waals surface area (Å²) in [6.45, 7) is 7.89. The van der Waals surface area contributed by atoms with Gasteiger partial charge in [-0.15, -0.1) is 0 Å². The van der Waals surface area contributed by atoms with Crippen molar-refractivity contribution in [3.05, 3.63) is 23.8 Å². The molecule has 0 aliphatic rings. The summed E-state index contributed by atoms with van der Waals surface area (Å²) in [5, 5.41) is 2.88. The molecule has 0 fully saturated rings. The monoisotopic (exact) mass is 264 g/mol. The number of nitrogens with two attached hydrogens (primary N) is 1. The number of rotatable bonds is 6. The smallest absolute Gasteiger partial charge is 0.225 e. The van der Waals surface area contributed by atoms with E-state index >= 15 is 0 Å². The van der Waals surface area contributed by atoms with Crippen LogP contribution >= 0.6 is 0 Å². The lowest BCUT2D eigenvalue weighted by Gasteiger charge is -2.14. The number of hydrogen-bond donors (Lipinski definition) is 2. The fourth-order valence-electron chi connectivity index (χ4n) is 1.71. The normalized spacial score (nSPS) is 12.3. The standard InChI is InChI=1S/C15H24N2O2/c1-5-12(16)9-15(18)17-14-7-6-13(8-11(14)4)19-10(2)3/h6-8,10,12H,5,9,16H2,1-4H3,(H,17,18). The van der Waals surface area contributed by atoms with Crippen LogP contribution in [-0.4, -0.2) is 18.1 Å². The molecule has 4 nitrogen and oxygen atoms in total. The first-order valence-corrected chi connectivity index (χ1v) is 6.75. The maximum atomic E-state index is 11.8. The number of benzene rings is 1. The Morgan fingerprint density at radius 2 is 2.11 bits per heavy atom. The Hall–Kier alpha value is -1.55. The summed E-state index contributed by atoms with van der Waals surface area (Å²) in [5.41, 5.74) is 7.56. The van der Waals surface area contributed by atoms with Gasteiger partial charge in [-0.1, -0.05) is 6.92 Å². The summed E-state index contributed by atoms with van der Waals surface area (Å²) in [5.74, 6) is 0.769. The van der Waals surface area contributed by atoms with Crippen molar-refractivity contribution in [1.29, 1.82) is 0 Å². The number of nitrogens with one attached hydrogen (secondary N) is 1. The fraction of sp³-hybridized carbons (Fsp3) is 0.533. The van der Waals surface area contributed by atoms with Gasteiger partial charge < -0.3 is 15.8 Å². The summed E-state index contributed by atoms with van der Waals surface area (Å²) >= 11 is 0. The van der Waals surface area contributed by atoms with E-state index in [1.807, 2.05) is 45.9 Å². The molecule has 0 aromatic heterocycles. The molecule has 1 atom stereocenters. The van der Waals surface area contributed by atoms with Crippen molar-refractivity contribution in [3.8, 4) is 5.75 Å². The van der Waals surface area contributed by atoms with Gasteiger partial charge in [0.1, 0.15) is 5.75 Å². The van der Waals surface area contributed by atoms with E-state index in [1.54, 1.807) is 0 Å². The predicted molar refractivity (Wildman–Crippen MR) is 78.5 cm³/mol. The number of amides is 1. The fourth-order valence-corrected chi connectivity index (χ4v) is 1.71. The SMILES string of the molecule is CCC(N)CC(=O)Nc1ccc(OC(C)C)cc1C. The molecule has 1 aromatic rings. The molecule has 3 N–H and O–H groups in total. The first-order valence-electron chi connectivity index (χ1n) is 6.75. The number of anilines is 1. The van der Waals surface area contributed by atoms with Gasteiger partial charge in [-0.3, -0.25) is 4.79 Å². The van der Waals surface area contributed by atoms with E-state index in [9.17, 15) is 4.79 Å². The third-order valence-corrected chi connectivity index (χ3v) is 2.82. The van der Waals surface area contributed by atoms with Gasteiger partial charge in [0, 0.05) is 18.2 Å². The van der Waals surface area contributed by atoms with Crippen molar-refractivity contribution < 1.29 is 9.53 Å². The van der Waals surface area contributed by atoms with Gasteiger partial charge in [-0.05, 0) is 51.0 Å². The highest BCUT2D eigenvalue weighted by molar-refractivity contribution is 5.91. The van der Waals surface area contributed by atoms with E-state index in [-0.39, 0.29) is 18.1 Å². The molecular formula is C15H24N2O2. The third kappa shape index (κ3) is 5.30. The Bertz CT molecular complexity index is 430. The quantitative estimate of drug-likeness (QED) is 0.830. The molecule has 1 aromatic carbocycles. The van der Waals surface area contributed by atoms with Crippen molar-refractivity contribution in [2.24, 2.45) is 5.73 Å². The first-order chi connectivity index (χ1) is 8.92. The zero-order chi connectivity index (χ0) is 14.4. The van der Waals surface area contributed by atoms with E-state index in [0.29, 0.717) is 6.42 Å². The van der Waals surface area contributed by atoms with E-state index < -0.39 is 0 Å². The second-order valence-electron chi connectivity index (χ2n) is 5.06. The summed E-state index contributed by atoms with van der Waals surface area (Å²) in [4.78, 5) is 11.8. The molecular weight excluding hydrogens is 240 g/mol. The number of hydrogen-bond acceptors (Lipinski definition) is 3. The molecule has 0 spiro atoms. The molecule has 1 unspecified atom stereocenters. The van der Waals surface area contributed by atoms with Gasteiger partial charge in [-0.25, -0.2) is 0 Å². The summed E-state index contributed by atoms with van der Waals surface area (Å²) in [6, 6.07) is 5.57. The molecule has 106 valence electrons. The number of carbonyl (C=O) groups excluding carboxylic acids is 1. The molecule has 4 heteroatoms. The van der Waals surface area contributed by atoms with Gasteiger partial charge in [-0.2, -0.15) is 0 Å². The van der Waals surface area contributed by atoms with Crippen LogP contribution in [0.2, 0.25) is 0 Å². The van der Waals surface area contributed by atoms with Gasteiger partial charge in [0.05, 0.1) is 6.10 Å². The van der Waals surface area contributed by atoms with Crippen LogP contribution in [0.1, 0.15) is 39.2 Å². The molecule has 0 radical (unpaired) electrons. The predicted octanol–water partition coefficient (Wildman–Crippen LogP) is 2.85. The number of aryl methyl sites for hydroxylation is 1. The van der Waals surface area contributed by atoms with Gasteiger partial charge in [0.25, 0.3) is 0 Å². The van der Waals surface area contributed by atoms with Gasteiger partial charge >= 0.3 is 0 Å². The second-order valence-corrected chi connectivity index (χ2v) is 5.06. The highest BCUT2D eigenvalue weighted by Gasteiger charge is 2.09. The van der Waals surface area contributed by atoms with E-state index in [2.05, 4.69) is 5.32 Å². The minimum atomic E-state index is -0.0798. The summed E-state index contributed by atoms with van der Waals surface area (Å²) in [6.07, 6.45) is 1.29. The van der Waals surface area contributed by atoms with E-state index in [4.69, 9.17) is 10.5 Å². The Balaban J connectivity index is 2.67. The third-order valence-electron chi connectivity index (χ3n) is 2.82. The highest BCUT2D eigenvalue weighted by atomic mass is 16.5. The topological polar surface area (TPSA) is 64.4 Å². The molecule has 0 aliphatic carbocycles. The lowest BCUT2D eigenvalue weighted by atomic mass is 10.1. The number of ether oxygens (including phenoxy) is 1. The molecule has 0 aliphatic heterocycles. The minimum absolute atomic E-state index is 0.0463. The van der Waals surface area contributed by atoms with Crippen molar-refractivity contribution in [2.45, 2.75) is 52.7 Å². The van der Waals surface area contributed by atoms with Crippen LogP contribution in [0.3, 0.4) is 0 Å². The molecule has 0 saturated carbocycles. The Morgan fingerprint density at radius 3 is 2.63 bits per heavy atom. The average Bonchev–Trinajstić information content (AvgIpc) is 2.31. The van der Waals surface area contributed by atoms with Crippen LogP contribution in [0.4, 0.5) is 5.69 Å². The molecule has 1 amide bonds. The highest BCUT2D eigenvalue weighted by Crippen LogP contribution is 2.22. The van der Waals surface area contributed by atoms with Crippen LogP contribution in [0.15, 0.2) is 18.2 Å². The maximum absolute atomic E-state index is 11.8. The summed E-state index contributed by atoms with van der Waals surface area (Å²) in [7, 11) is 0.